The van der Waals surface area contributed by atoms with Gasteiger partial charge in [0.25, 0.3) is 0 Å². The minimum absolute atomic E-state index is 0. The fourth-order valence-corrected chi connectivity index (χ4v) is 0.402. The van der Waals surface area contributed by atoms with E-state index in [9.17, 15) is 13.8 Å². The first-order chi connectivity index (χ1) is 6.27. The van der Waals surface area contributed by atoms with Crippen molar-refractivity contribution in [2.45, 2.75) is 18.9 Å². The fourth-order valence-electron chi connectivity index (χ4n) is 0.402. The number of aliphatic carboxylic acids is 2. The van der Waals surface area contributed by atoms with Crippen LogP contribution in [0.4, 0.5) is 0 Å². The Morgan fingerprint density at radius 1 is 1.47 bits per heavy atom. The maximum Gasteiger partial charge on any atom is 1.00 e. The monoisotopic (exact) mass is 247 g/mol. The van der Waals surface area contributed by atoms with Crippen molar-refractivity contribution in [1.29, 1.82) is 0 Å². The zero-order valence-corrected chi connectivity index (χ0v) is 11.6. The third-order valence-electron chi connectivity index (χ3n) is 0.986. The molecule has 0 aromatic rings. The van der Waals surface area contributed by atoms with Crippen molar-refractivity contribution in [2.75, 3.05) is 6.26 Å². The van der Waals surface area contributed by atoms with Crippen molar-refractivity contribution in [3.63, 3.8) is 0 Å². The van der Waals surface area contributed by atoms with Crippen molar-refractivity contribution < 1.29 is 53.6 Å². The summed E-state index contributed by atoms with van der Waals surface area (Å²) in [5.41, 5.74) is 5.00. The smallest absolute Gasteiger partial charge is 0.481 e. The molecule has 0 saturated heterocycles. The Hall–Kier alpha value is 0.0500. The summed E-state index contributed by atoms with van der Waals surface area (Å²) in [5.74, 6) is -2.20. The third kappa shape index (κ3) is 24.9. The molecule has 0 aromatic heterocycles. The van der Waals surface area contributed by atoms with Gasteiger partial charge in [0.05, 0.1) is 0 Å². The molecule has 0 spiro atoms. The van der Waals surface area contributed by atoms with Gasteiger partial charge in [-0.15, -0.1) is 10.8 Å². The van der Waals surface area contributed by atoms with Gasteiger partial charge in [0, 0.05) is 6.42 Å². The van der Waals surface area contributed by atoms with Crippen molar-refractivity contribution in [2.24, 2.45) is 5.73 Å². The molecule has 0 fully saturated rings. The van der Waals surface area contributed by atoms with Crippen LogP contribution in [0.25, 0.3) is 0 Å². The van der Waals surface area contributed by atoms with E-state index >= 15 is 0 Å². The largest absolute Gasteiger partial charge is 1.00 e. The molecule has 6 nitrogen and oxygen atoms in total. The zero-order valence-electron chi connectivity index (χ0n) is 8.80. The fraction of sp³-hybridized carbons (Fsp3) is 0.571. The Kier molecular flexibility index (Phi) is 16.5. The van der Waals surface area contributed by atoms with Crippen LogP contribution >= 0.6 is 0 Å². The van der Waals surface area contributed by atoms with Crippen LogP contribution < -0.4 is 35.3 Å². The number of hydrogen-bond acceptors (Lipinski definition) is 4. The molecule has 0 aliphatic rings. The summed E-state index contributed by atoms with van der Waals surface area (Å²) in [5, 5.41) is 16.3. The third-order valence-corrected chi connectivity index (χ3v) is 0.986. The van der Waals surface area contributed by atoms with Gasteiger partial charge >= 0.3 is 41.5 Å². The number of carboxylic acids is 2. The van der Waals surface area contributed by atoms with E-state index in [4.69, 9.17) is 15.9 Å². The van der Waals surface area contributed by atoms with Gasteiger partial charge in [-0.3, -0.25) is 20.1 Å². The van der Waals surface area contributed by atoms with Gasteiger partial charge in [0.15, 0.2) is 0 Å². The standard InChI is InChI=1S/C5H9NO4.C2H5OS.Na/c6-3(5(9)10)1-2-4(7)8;1-4(2)3;/h3H,1-2,6H2,(H,7,8)(H,9,10);1H2,2H3;/q;-1;+1/t3-;;/m0../s1. The molecule has 15 heavy (non-hydrogen) atoms. The first kappa shape index (κ1) is 20.5. The molecule has 84 valence electrons. The first-order valence-corrected chi connectivity index (χ1v) is 5.33. The van der Waals surface area contributed by atoms with Crippen molar-refractivity contribution in [1.82, 2.24) is 0 Å². The van der Waals surface area contributed by atoms with Gasteiger partial charge in [0.2, 0.25) is 0 Å². The van der Waals surface area contributed by atoms with Gasteiger partial charge < -0.3 is 15.9 Å². The number of rotatable bonds is 4. The molecule has 0 rings (SSSR count). The van der Waals surface area contributed by atoms with Crippen molar-refractivity contribution in [3.8, 4) is 0 Å². The summed E-state index contributed by atoms with van der Waals surface area (Å²) in [6, 6.07) is -1.06. The molecule has 0 heterocycles. The predicted molar refractivity (Wildman–Crippen MR) is 51.9 cm³/mol. The number of nitrogens with two attached hydrogens (primary N) is 1. The Morgan fingerprint density at radius 2 is 1.80 bits per heavy atom. The van der Waals surface area contributed by atoms with E-state index in [1.165, 1.54) is 6.26 Å². The van der Waals surface area contributed by atoms with E-state index in [0.29, 0.717) is 0 Å². The van der Waals surface area contributed by atoms with E-state index < -0.39 is 28.8 Å². The summed E-state index contributed by atoms with van der Waals surface area (Å²) < 4.78 is 9.44. The average molecular weight is 247 g/mol. The molecule has 0 radical (unpaired) electrons. The molecule has 0 saturated carbocycles. The Labute approximate surface area is 113 Å². The first-order valence-electron chi connectivity index (χ1n) is 3.60. The second-order valence-electron chi connectivity index (χ2n) is 2.45. The van der Waals surface area contributed by atoms with Gasteiger partial charge in [-0.1, -0.05) is 0 Å². The topological polar surface area (TPSA) is 118 Å². The van der Waals surface area contributed by atoms with Crippen LogP contribution in [0.3, 0.4) is 0 Å². The average Bonchev–Trinajstić information content (AvgIpc) is 1.98. The van der Waals surface area contributed by atoms with Crippen LogP contribution in [-0.2, 0) is 20.4 Å². The van der Waals surface area contributed by atoms with Crippen molar-refractivity contribution >= 4 is 22.7 Å². The van der Waals surface area contributed by atoms with Crippen LogP contribution in [0.2, 0.25) is 0 Å². The Bertz CT molecular complexity index is 219. The molecular weight excluding hydrogens is 233 g/mol. The van der Waals surface area contributed by atoms with Gasteiger partial charge in [-0.05, 0) is 12.7 Å². The maximum absolute atomic E-state index is 9.99. The molecule has 1 unspecified atom stereocenters. The quantitative estimate of drug-likeness (QED) is 0.349. The van der Waals surface area contributed by atoms with Gasteiger partial charge in [-0.25, -0.2) is 0 Å². The summed E-state index contributed by atoms with van der Waals surface area (Å²) in [6.45, 7) is 0. The van der Waals surface area contributed by atoms with Crippen LogP contribution in [0.15, 0.2) is 0 Å². The summed E-state index contributed by atoms with van der Waals surface area (Å²) >= 11 is 0. The molecule has 4 N–H and O–H groups in total. The Morgan fingerprint density at radius 3 is 2.00 bits per heavy atom. The van der Waals surface area contributed by atoms with E-state index in [1.807, 2.05) is 0 Å². The molecule has 2 atom stereocenters. The molecule has 0 aromatic carbocycles. The van der Waals surface area contributed by atoms with Gasteiger partial charge in [0.1, 0.15) is 6.04 Å². The second-order valence-corrected chi connectivity index (χ2v) is 3.60. The molecule has 0 aliphatic carbocycles. The van der Waals surface area contributed by atoms with Crippen LogP contribution in [0, 0.1) is 6.26 Å². The summed E-state index contributed by atoms with van der Waals surface area (Å²) in [7, 11) is -0.861. The van der Waals surface area contributed by atoms with E-state index in [1.54, 1.807) is 0 Å². The minimum Gasteiger partial charge on any atom is -0.481 e. The zero-order chi connectivity index (χ0) is 11.7. The molecule has 0 bridgehead atoms. The predicted octanol–water partition coefficient (Wildman–Crippen LogP) is -3.58. The van der Waals surface area contributed by atoms with Crippen LogP contribution in [0.1, 0.15) is 12.8 Å². The normalized spacial score (nSPS) is 12.5. The maximum atomic E-state index is 9.99. The number of hydrogen-bond donors (Lipinski definition) is 3. The Balaban J connectivity index is -0.000000249. The number of carbonyl (C=O) groups is 2. The van der Waals surface area contributed by atoms with E-state index in [0.717, 1.165) is 0 Å². The summed E-state index contributed by atoms with van der Waals surface area (Å²) in [4.78, 5) is 19.9. The summed E-state index contributed by atoms with van der Waals surface area (Å²) in [6.07, 6.45) is 4.41. The van der Waals surface area contributed by atoms with Crippen LogP contribution in [0.5, 0.6) is 0 Å². The SMILES string of the molecule is N[C@@H](CCC(=O)O)C(=O)O.[CH2-]S(C)=O.[Na+]. The second kappa shape index (κ2) is 12.1. The van der Waals surface area contributed by atoms with Crippen LogP contribution in [-0.4, -0.2) is 38.7 Å². The van der Waals surface area contributed by atoms with Crippen molar-refractivity contribution in [3.05, 3.63) is 6.26 Å². The van der Waals surface area contributed by atoms with E-state index in [2.05, 4.69) is 6.26 Å². The van der Waals surface area contributed by atoms with Gasteiger partial charge in [-0.2, -0.15) is 0 Å². The minimum atomic E-state index is -1.17. The molecule has 0 aliphatic heterocycles. The number of carboxylic acid groups (broad SMARTS) is 2. The molecule has 8 heteroatoms. The molecular formula is C7H14NNaO5S. The molecule has 0 amide bonds. The van der Waals surface area contributed by atoms with E-state index in [-0.39, 0.29) is 42.4 Å².